The van der Waals surface area contributed by atoms with Gasteiger partial charge in [-0.2, -0.15) is 23.4 Å². The van der Waals surface area contributed by atoms with Crippen LogP contribution in [0.5, 0.6) is 11.6 Å². The predicted molar refractivity (Wildman–Crippen MR) is 127 cm³/mol. The van der Waals surface area contributed by atoms with Crippen molar-refractivity contribution in [3.63, 3.8) is 0 Å². The van der Waals surface area contributed by atoms with Gasteiger partial charge in [0.1, 0.15) is 11.5 Å². The summed E-state index contributed by atoms with van der Waals surface area (Å²) >= 11 is 0. The van der Waals surface area contributed by atoms with Crippen LogP contribution in [0.15, 0.2) is 36.8 Å². The summed E-state index contributed by atoms with van der Waals surface area (Å²) < 4.78 is 55.0. The Morgan fingerprint density at radius 3 is 2.53 bits per heavy atom. The van der Waals surface area contributed by atoms with E-state index in [1.54, 1.807) is 17.1 Å². The molecule has 0 spiro atoms. The lowest BCUT2D eigenvalue weighted by Crippen LogP contribution is -2.27. The second-order valence-electron chi connectivity index (χ2n) is 8.78. The van der Waals surface area contributed by atoms with Gasteiger partial charge in [0.05, 0.1) is 31.0 Å². The SMILES string of the molecule is CNc1cc2c(cn1)c(-c1cnn(C)c1)nn2[C@H]1CC[C@@H](Oc2ccc(OC)nc2C(F)(F)F)CC1. The Balaban J connectivity index is 1.38. The number of methoxy groups -OCH3 is 1. The van der Waals surface area contributed by atoms with Crippen LogP contribution in [0.1, 0.15) is 37.4 Å². The van der Waals surface area contributed by atoms with Crippen molar-refractivity contribution in [2.45, 2.75) is 44.0 Å². The number of rotatable bonds is 6. The van der Waals surface area contributed by atoms with Crippen LogP contribution >= 0.6 is 0 Å². The fourth-order valence-corrected chi connectivity index (χ4v) is 4.63. The topological polar surface area (TPSA) is 91.9 Å². The first-order chi connectivity index (χ1) is 17.3. The summed E-state index contributed by atoms with van der Waals surface area (Å²) in [6.07, 6.45) is 3.06. The molecule has 5 rings (SSSR count). The van der Waals surface area contributed by atoms with Gasteiger partial charge in [-0.15, -0.1) is 0 Å². The molecule has 1 fully saturated rings. The molecule has 0 amide bonds. The van der Waals surface area contributed by atoms with Gasteiger partial charge in [0, 0.05) is 49.6 Å². The fourth-order valence-electron chi connectivity index (χ4n) is 4.63. The Kier molecular flexibility index (Phi) is 6.19. The van der Waals surface area contributed by atoms with Crippen molar-refractivity contribution in [1.29, 1.82) is 0 Å². The molecule has 0 bridgehead atoms. The molecule has 0 unspecified atom stereocenters. The normalized spacial score (nSPS) is 18.4. The molecule has 0 atom stereocenters. The molecule has 1 aliphatic rings. The Bertz CT molecular complexity index is 1370. The van der Waals surface area contributed by atoms with Crippen molar-refractivity contribution in [2.75, 3.05) is 19.5 Å². The van der Waals surface area contributed by atoms with E-state index < -0.39 is 11.9 Å². The first-order valence-electron chi connectivity index (χ1n) is 11.6. The number of nitrogens with one attached hydrogen (secondary N) is 1. The number of nitrogens with zero attached hydrogens (tertiary/aromatic N) is 6. The highest BCUT2D eigenvalue weighted by molar-refractivity contribution is 5.93. The molecule has 36 heavy (non-hydrogen) atoms. The van der Waals surface area contributed by atoms with E-state index in [9.17, 15) is 13.2 Å². The maximum atomic E-state index is 13.5. The van der Waals surface area contributed by atoms with Gasteiger partial charge in [0.2, 0.25) is 5.88 Å². The standard InChI is InChI=1S/C24H26F3N7O2/c1-28-20-10-18-17(12-29-20)22(14-11-30-33(2)13-14)32-34(18)15-4-6-16(7-5-15)36-19-8-9-21(35-3)31-23(19)24(25,26)27/h8-13,15-16H,4-7H2,1-3H3,(H,28,29)/t15-,16+. The maximum absolute atomic E-state index is 13.5. The number of hydrogen-bond acceptors (Lipinski definition) is 7. The van der Waals surface area contributed by atoms with Gasteiger partial charge in [-0.25, -0.2) is 9.97 Å². The van der Waals surface area contributed by atoms with E-state index in [1.807, 2.05) is 31.0 Å². The Labute approximate surface area is 205 Å². The third kappa shape index (κ3) is 4.54. The number of aryl methyl sites for hydroxylation is 1. The molecule has 4 aromatic rings. The summed E-state index contributed by atoms with van der Waals surface area (Å²) in [6.45, 7) is 0. The van der Waals surface area contributed by atoms with Crippen molar-refractivity contribution >= 4 is 16.7 Å². The van der Waals surface area contributed by atoms with Crippen molar-refractivity contribution in [2.24, 2.45) is 7.05 Å². The minimum atomic E-state index is -4.64. The van der Waals surface area contributed by atoms with Crippen LogP contribution in [-0.4, -0.2) is 49.8 Å². The van der Waals surface area contributed by atoms with Crippen molar-refractivity contribution < 1.29 is 22.6 Å². The zero-order chi connectivity index (χ0) is 25.4. The fraction of sp³-hybridized carbons (Fsp3) is 0.417. The zero-order valence-corrected chi connectivity index (χ0v) is 20.1. The second kappa shape index (κ2) is 9.32. The summed E-state index contributed by atoms with van der Waals surface area (Å²) in [6, 6.07) is 4.68. The number of fused-ring (bicyclic) bond motifs is 1. The maximum Gasteiger partial charge on any atom is 0.437 e. The van der Waals surface area contributed by atoms with Crippen LogP contribution in [-0.2, 0) is 13.2 Å². The van der Waals surface area contributed by atoms with Crippen LogP contribution in [0.2, 0.25) is 0 Å². The van der Waals surface area contributed by atoms with Crippen LogP contribution in [0, 0.1) is 0 Å². The lowest BCUT2D eigenvalue weighted by Gasteiger charge is -2.30. The summed E-state index contributed by atoms with van der Waals surface area (Å²) in [7, 11) is 4.94. The first kappa shape index (κ1) is 23.9. The number of ether oxygens (including phenoxy) is 2. The van der Waals surface area contributed by atoms with E-state index in [2.05, 4.69) is 20.4 Å². The summed E-state index contributed by atoms with van der Waals surface area (Å²) in [5, 5.41) is 13.2. The quantitative estimate of drug-likeness (QED) is 0.404. The Morgan fingerprint density at radius 2 is 1.89 bits per heavy atom. The lowest BCUT2D eigenvalue weighted by molar-refractivity contribution is -0.143. The van der Waals surface area contributed by atoms with Crippen LogP contribution in [0.4, 0.5) is 19.0 Å². The average Bonchev–Trinajstić information content (AvgIpc) is 3.47. The van der Waals surface area contributed by atoms with E-state index >= 15 is 0 Å². The number of hydrogen-bond donors (Lipinski definition) is 1. The molecule has 9 nitrogen and oxygen atoms in total. The van der Waals surface area contributed by atoms with E-state index in [1.165, 1.54) is 19.2 Å². The zero-order valence-electron chi connectivity index (χ0n) is 20.1. The molecule has 0 aromatic carbocycles. The molecule has 1 saturated carbocycles. The summed E-state index contributed by atoms with van der Waals surface area (Å²) in [4.78, 5) is 8.03. The van der Waals surface area contributed by atoms with Crippen LogP contribution < -0.4 is 14.8 Å². The van der Waals surface area contributed by atoms with E-state index in [-0.39, 0.29) is 23.8 Å². The number of alkyl halides is 3. The Hall–Kier alpha value is -3.83. The molecule has 0 saturated heterocycles. The molecule has 0 radical (unpaired) electrons. The monoisotopic (exact) mass is 501 g/mol. The van der Waals surface area contributed by atoms with E-state index in [0.29, 0.717) is 25.7 Å². The van der Waals surface area contributed by atoms with Gasteiger partial charge in [0.25, 0.3) is 0 Å². The van der Waals surface area contributed by atoms with Crippen molar-refractivity contribution in [1.82, 2.24) is 29.5 Å². The minimum absolute atomic E-state index is 0.0703. The molecule has 1 N–H and O–H groups in total. The van der Waals surface area contributed by atoms with Crippen molar-refractivity contribution in [3.05, 3.63) is 42.5 Å². The summed E-state index contributed by atoms with van der Waals surface area (Å²) in [5.74, 6) is 0.341. The van der Waals surface area contributed by atoms with Gasteiger partial charge in [0.15, 0.2) is 11.4 Å². The Morgan fingerprint density at radius 1 is 1.11 bits per heavy atom. The third-order valence-corrected chi connectivity index (χ3v) is 6.42. The molecular weight excluding hydrogens is 475 g/mol. The van der Waals surface area contributed by atoms with E-state index in [4.69, 9.17) is 14.6 Å². The highest BCUT2D eigenvalue weighted by Gasteiger charge is 2.38. The number of anilines is 1. The van der Waals surface area contributed by atoms with Crippen LogP contribution in [0.3, 0.4) is 0 Å². The number of halogens is 3. The number of pyridine rings is 2. The lowest BCUT2D eigenvalue weighted by atomic mass is 9.93. The molecule has 1 aliphatic carbocycles. The first-order valence-corrected chi connectivity index (χ1v) is 11.6. The smallest absolute Gasteiger partial charge is 0.437 e. The van der Waals surface area contributed by atoms with Gasteiger partial charge in [-0.3, -0.25) is 9.36 Å². The molecule has 12 heteroatoms. The number of aromatic nitrogens is 6. The molecule has 4 aromatic heterocycles. The second-order valence-corrected chi connectivity index (χ2v) is 8.78. The predicted octanol–water partition coefficient (Wildman–Crippen LogP) is 4.86. The van der Waals surface area contributed by atoms with Crippen molar-refractivity contribution in [3.8, 4) is 22.9 Å². The highest BCUT2D eigenvalue weighted by Crippen LogP contribution is 2.40. The van der Waals surface area contributed by atoms with Gasteiger partial charge >= 0.3 is 6.18 Å². The minimum Gasteiger partial charge on any atom is -0.488 e. The average molecular weight is 502 g/mol. The van der Waals surface area contributed by atoms with E-state index in [0.717, 1.165) is 28.0 Å². The highest BCUT2D eigenvalue weighted by atomic mass is 19.4. The summed E-state index contributed by atoms with van der Waals surface area (Å²) in [5.41, 5.74) is 1.56. The molecular formula is C24H26F3N7O2. The molecule has 4 heterocycles. The third-order valence-electron chi connectivity index (χ3n) is 6.42. The van der Waals surface area contributed by atoms with Gasteiger partial charge in [-0.05, 0) is 31.7 Å². The van der Waals surface area contributed by atoms with Gasteiger partial charge in [-0.1, -0.05) is 0 Å². The molecule has 190 valence electrons. The van der Waals surface area contributed by atoms with Crippen LogP contribution in [0.25, 0.3) is 22.2 Å². The van der Waals surface area contributed by atoms with Gasteiger partial charge < -0.3 is 14.8 Å². The largest absolute Gasteiger partial charge is 0.488 e. The molecule has 0 aliphatic heterocycles.